The summed E-state index contributed by atoms with van der Waals surface area (Å²) in [4.78, 5) is 2.57. The highest BCUT2D eigenvalue weighted by Gasteiger charge is 2.08. The third-order valence-corrected chi connectivity index (χ3v) is 3.57. The molecule has 98 valence electrons. The number of nitrogens with one attached hydrogen (secondary N) is 1. The van der Waals surface area contributed by atoms with Crippen LogP contribution in [0.1, 0.15) is 30.4 Å². The minimum absolute atomic E-state index is 0.954. The van der Waals surface area contributed by atoms with Crippen LogP contribution in [0.2, 0.25) is 0 Å². The van der Waals surface area contributed by atoms with E-state index >= 15 is 0 Å². The SMILES string of the molecule is C=Cc1cccc(CNCCN2CCCCC2)c1. The van der Waals surface area contributed by atoms with E-state index in [9.17, 15) is 0 Å². The molecule has 0 spiro atoms. The van der Waals surface area contributed by atoms with E-state index < -0.39 is 0 Å². The Balaban J connectivity index is 1.66. The third kappa shape index (κ3) is 4.28. The lowest BCUT2D eigenvalue weighted by Gasteiger charge is -2.26. The number of piperidine rings is 1. The smallest absolute Gasteiger partial charge is 0.0206 e. The molecule has 1 aliphatic heterocycles. The molecule has 2 rings (SSSR count). The van der Waals surface area contributed by atoms with Crippen LogP contribution < -0.4 is 5.32 Å². The molecular weight excluding hydrogens is 220 g/mol. The first-order chi connectivity index (χ1) is 8.88. The molecule has 1 N–H and O–H groups in total. The lowest BCUT2D eigenvalue weighted by Crippen LogP contribution is -2.35. The zero-order chi connectivity index (χ0) is 12.6. The van der Waals surface area contributed by atoms with Crippen LogP contribution in [0.15, 0.2) is 30.8 Å². The monoisotopic (exact) mass is 244 g/mol. The molecular formula is C16H24N2. The van der Waals surface area contributed by atoms with Gasteiger partial charge in [-0.1, -0.05) is 43.3 Å². The van der Waals surface area contributed by atoms with Crippen molar-refractivity contribution in [2.75, 3.05) is 26.2 Å². The molecule has 0 bridgehead atoms. The van der Waals surface area contributed by atoms with Gasteiger partial charge in [-0.25, -0.2) is 0 Å². The van der Waals surface area contributed by atoms with Gasteiger partial charge in [0.15, 0.2) is 0 Å². The van der Waals surface area contributed by atoms with Crippen LogP contribution in [0.3, 0.4) is 0 Å². The molecule has 1 fully saturated rings. The molecule has 18 heavy (non-hydrogen) atoms. The summed E-state index contributed by atoms with van der Waals surface area (Å²) in [5.41, 5.74) is 2.54. The predicted octanol–water partition coefficient (Wildman–Crippen LogP) is 2.91. The van der Waals surface area contributed by atoms with Gasteiger partial charge in [-0.3, -0.25) is 0 Å². The highest BCUT2D eigenvalue weighted by Crippen LogP contribution is 2.08. The van der Waals surface area contributed by atoms with Gasteiger partial charge in [0.05, 0.1) is 0 Å². The van der Waals surface area contributed by atoms with E-state index in [0.717, 1.165) is 13.1 Å². The Bertz CT molecular complexity index is 367. The van der Waals surface area contributed by atoms with Gasteiger partial charge in [0.1, 0.15) is 0 Å². The van der Waals surface area contributed by atoms with Crippen LogP contribution in [-0.2, 0) is 6.54 Å². The first kappa shape index (κ1) is 13.3. The molecule has 0 amide bonds. The fraction of sp³-hybridized carbons (Fsp3) is 0.500. The molecule has 2 heteroatoms. The highest BCUT2D eigenvalue weighted by atomic mass is 15.1. The van der Waals surface area contributed by atoms with Crippen molar-refractivity contribution in [3.63, 3.8) is 0 Å². The van der Waals surface area contributed by atoms with Crippen LogP contribution in [0.4, 0.5) is 0 Å². The molecule has 2 nitrogen and oxygen atoms in total. The maximum atomic E-state index is 3.80. The van der Waals surface area contributed by atoms with Crippen molar-refractivity contribution in [3.8, 4) is 0 Å². The van der Waals surface area contributed by atoms with Crippen LogP contribution in [0, 0.1) is 0 Å². The fourth-order valence-electron chi connectivity index (χ4n) is 2.48. The molecule has 1 aliphatic rings. The van der Waals surface area contributed by atoms with Crippen LogP contribution >= 0.6 is 0 Å². The highest BCUT2D eigenvalue weighted by molar-refractivity contribution is 5.47. The molecule has 1 aromatic carbocycles. The number of rotatable bonds is 6. The van der Waals surface area contributed by atoms with Gasteiger partial charge in [0.25, 0.3) is 0 Å². The first-order valence-corrected chi connectivity index (χ1v) is 7.03. The maximum Gasteiger partial charge on any atom is 0.0206 e. The van der Waals surface area contributed by atoms with E-state index in [0.29, 0.717) is 0 Å². The molecule has 0 atom stereocenters. The normalized spacial score (nSPS) is 16.7. The summed E-state index contributed by atoms with van der Waals surface area (Å²) in [6, 6.07) is 8.55. The predicted molar refractivity (Wildman–Crippen MR) is 78.5 cm³/mol. The lowest BCUT2D eigenvalue weighted by atomic mass is 10.1. The van der Waals surface area contributed by atoms with Crippen molar-refractivity contribution < 1.29 is 0 Å². The fourth-order valence-corrected chi connectivity index (χ4v) is 2.48. The Kier molecular flexibility index (Phi) is 5.43. The number of benzene rings is 1. The van der Waals surface area contributed by atoms with E-state index in [1.165, 1.54) is 50.0 Å². The van der Waals surface area contributed by atoms with Gasteiger partial charge >= 0.3 is 0 Å². The topological polar surface area (TPSA) is 15.3 Å². The molecule has 0 unspecified atom stereocenters. The average Bonchev–Trinajstić information content (AvgIpc) is 2.45. The third-order valence-electron chi connectivity index (χ3n) is 3.57. The Hall–Kier alpha value is -1.12. The zero-order valence-corrected chi connectivity index (χ0v) is 11.2. The Morgan fingerprint density at radius 3 is 2.83 bits per heavy atom. The van der Waals surface area contributed by atoms with Gasteiger partial charge in [-0.15, -0.1) is 0 Å². The minimum Gasteiger partial charge on any atom is -0.311 e. The van der Waals surface area contributed by atoms with E-state index in [2.05, 4.69) is 41.1 Å². The van der Waals surface area contributed by atoms with Crippen molar-refractivity contribution in [1.29, 1.82) is 0 Å². The average molecular weight is 244 g/mol. The second kappa shape index (κ2) is 7.34. The van der Waals surface area contributed by atoms with Crippen molar-refractivity contribution in [1.82, 2.24) is 10.2 Å². The van der Waals surface area contributed by atoms with Gasteiger partial charge in [-0.2, -0.15) is 0 Å². The summed E-state index contributed by atoms with van der Waals surface area (Å²) in [6.07, 6.45) is 6.07. The molecule has 0 aromatic heterocycles. The van der Waals surface area contributed by atoms with Crippen molar-refractivity contribution in [3.05, 3.63) is 42.0 Å². The quantitative estimate of drug-likeness (QED) is 0.774. The second-order valence-electron chi connectivity index (χ2n) is 5.03. The van der Waals surface area contributed by atoms with Gasteiger partial charge in [-0.05, 0) is 37.1 Å². The van der Waals surface area contributed by atoms with Crippen LogP contribution in [0.25, 0.3) is 6.08 Å². The number of hydrogen-bond donors (Lipinski definition) is 1. The Morgan fingerprint density at radius 1 is 1.22 bits per heavy atom. The van der Waals surface area contributed by atoms with Crippen LogP contribution in [0.5, 0.6) is 0 Å². The molecule has 1 aromatic rings. The minimum atomic E-state index is 0.954. The second-order valence-corrected chi connectivity index (χ2v) is 5.03. The maximum absolute atomic E-state index is 3.80. The zero-order valence-electron chi connectivity index (χ0n) is 11.2. The molecule has 1 heterocycles. The van der Waals surface area contributed by atoms with Crippen LogP contribution in [-0.4, -0.2) is 31.1 Å². The first-order valence-electron chi connectivity index (χ1n) is 7.03. The summed E-state index contributed by atoms with van der Waals surface area (Å²) in [7, 11) is 0. The van der Waals surface area contributed by atoms with Crippen molar-refractivity contribution in [2.45, 2.75) is 25.8 Å². The Labute approximate surface area is 111 Å². The number of nitrogens with zero attached hydrogens (tertiary/aromatic N) is 1. The summed E-state index contributed by atoms with van der Waals surface area (Å²) in [6.45, 7) is 9.59. The summed E-state index contributed by atoms with van der Waals surface area (Å²) >= 11 is 0. The molecule has 1 saturated heterocycles. The standard InChI is InChI=1S/C16H24N2/c1-2-15-7-6-8-16(13-15)14-17-9-12-18-10-4-3-5-11-18/h2,6-8,13,17H,1,3-5,9-12,14H2. The van der Waals surface area contributed by atoms with Gasteiger partial charge < -0.3 is 10.2 Å². The molecule has 0 aliphatic carbocycles. The van der Waals surface area contributed by atoms with Gasteiger partial charge in [0, 0.05) is 19.6 Å². The summed E-state index contributed by atoms with van der Waals surface area (Å²) in [5.74, 6) is 0. The van der Waals surface area contributed by atoms with E-state index in [1.54, 1.807) is 0 Å². The van der Waals surface area contributed by atoms with Gasteiger partial charge in [0.2, 0.25) is 0 Å². The molecule has 0 radical (unpaired) electrons. The summed E-state index contributed by atoms with van der Waals surface area (Å²) < 4.78 is 0. The largest absolute Gasteiger partial charge is 0.311 e. The van der Waals surface area contributed by atoms with Crippen molar-refractivity contribution in [2.24, 2.45) is 0 Å². The number of hydrogen-bond acceptors (Lipinski definition) is 2. The summed E-state index contributed by atoms with van der Waals surface area (Å²) in [5, 5.41) is 3.52. The Morgan fingerprint density at radius 2 is 2.06 bits per heavy atom. The van der Waals surface area contributed by atoms with E-state index in [-0.39, 0.29) is 0 Å². The lowest BCUT2D eigenvalue weighted by molar-refractivity contribution is 0.229. The van der Waals surface area contributed by atoms with Crippen molar-refractivity contribution >= 4 is 6.08 Å². The van der Waals surface area contributed by atoms with E-state index in [4.69, 9.17) is 0 Å². The number of likely N-dealkylation sites (tertiary alicyclic amines) is 1. The molecule has 0 saturated carbocycles. The van der Waals surface area contributed by atoms with E-state index in [1.807, 2.05) is 6.08 Å².